The van der Waals surface area contributed by atoms with Gasteiger partial charge in [-0.1, -0.05) is 42.1 Å². The molecule has 4 rings (SSSR count). The second kappa shape index (κ2) is 9.83. The van der Waals surface area contributed by atoms with Gasteiger partial charge in [-0.15, -0.1) is 0 Å². The van der Waals surface area contributed by atoms with Crippen LogP contribution < -0.4 is 9.64 Å². The Morgan fingerprint density at radius 1 is 1.00 bits per heavy atom. The van der Waals surface area contributed by atoms with Gasteiger partial charge in [-0.2, -0.15) is 0 Å². The number of amides is 1. The average Bonchev–Trinajstić information content (AvgIpc) is 2.81. The van der Waals surface area contributed by atoms with Crippen molar-refractivity contribution in [3.63, 3.8) is 0 Å². The van der Waals surface area contributed by atoms with Gasteiger partial charge in [0.1, 0.15) is 5.75 Å². The Bertz CT molecular complexity index is 1040. The molecule has 0 aliphatic carbocycles. The number of para-hydroxylation sites is 1. The second-order valence-corrected chi connectivity index (χ2v) is 8.49. The zero-order chi connectivity index (χ0) is 21.6. The number of hydrogen-bond acceptors (Lipinski definition) is 6. The summed E-state index contributed by atoms with van der Waals surface area (Å²) in [4.78, 5) is 25.7. The predicted molar refractivity (Wildman–Crippen MR) is 124 cm³/mol. The molecule has 0 atom stereocenters. The predicted octanol–water partition coefficient (Wildman–Crippen LogP) is 4.33. The first-order valence-electron chi connectivity index (χ1n) is 10.4. The number of anilines is 1. The highest BCUT2D eigenvalue weighted by molar-refractivity contribution is 8.00. The Kier molecular flexibility index (Phi) is 6.72. The van der Waals surface area contributed by atoms with Crippen molar-refractivity contribution in [3.05, 3.63) is 72.1 Å². The molecule has 3 aromatic rings. The van der Waals surface area contributed by atoms with E-state index < -0.39 is 0 Å². The molecule has 2 aromatic carbocycles. The molecule has 1 amide bonds. The molecule has 0 radical (unpaired) electrons. The summed E-state index contributed by atoms with van der Waals surface area (Å²) in [6.45, 7) is 7.38. The summed E-state index contributed by atoms with van der Waals surface area (Å²) in [5.41, 5.74) is 3.80. The minimum Gasteiger partial charge on any atom is -0.437 e. The van der Waals surface area contributed by atoms with Crippen molar-refractivity contribution in [1.82, 2.24) is 14.9 Å². The summed E-state index contributed by atoms with van der Waals surface area (Å²) in [5, 5.41) is 0.619. The van der Waals surface area contributed by atoms with E-state index in [1.807, 2.05) is 35.2 Å². The Labute approximate surface area is 187 Å². The maximum absolute atomic E-state index is 12.8. The number of hydrogen-bond donors (Lipinski definition) is 0. The molecule has 1 aliphatic heterocycles. The monoisotopic (exact) mass is 434 g/mol. The first-order chi connectivity index (χ1) is 15.1. The normalized spacial score (nSPS) is 13.9. The summed E-state index contributed by atoms with van der Waals surface area (Å²) < 4.78 is 5.85. The molecule has 31 heavy (non-hydrogen) atoms. The van der Waals surface area contributed by atoms with E-state index in [9.17, 15) is 4.79 Å². The van der Waals surface area contributed by atoms with Crippen molar-refractivity contribution in [2.45, 2.75) is 18.9 Å². The number of piperazine rings is 1. The van der Waals surface area contributed by atoms with Gasteiger partial charge in [-0.05, 0) is 43.2 Å². The van der Waals surface area contributed by atoms with Gasteiger partial charge in [-0.25, -0.2) is 9.97 Å². The maximum atomic E-state index is 12.8. The topological polar surface area (TPSA) is 58.6 Å². The van der Waals surface area contributed by atoms with Crippen LogP contribution in [-0.2, 0) is 4.79 Å². The highest BCUT2D eigenvalue weighted by atomic mass is 32.2. The second-order valence-electron chi connectivity index (χ2n) is 7.53. The molecule has 1 aromatic heterocycles. The number of carbonyl (C=O) groups excluding carboxylic acids is 1. The smallest absolute Gasteiger partial charge is 0.252 e. The molecular formula is C24H26N4O2S. The number of rotatable bonds is 6. The van der Waals surface area contributed by atoms with E-state index in [0.29, 0.717) is 22.4 Å². The lowest BCUT2D eigenvalue weighted by atomic mass is 10.1. The van der Waals surface area contributed by atoms with Crippen LogP contribution in [0.1, 0.15) is 11.1 Å². The molecular weight excluding hydrogens is 408 g/mol. The van der Waals surface area contributed by atoms with Crippen LogP contribution in [0.2, 0.25) is 0 Å². The maximum Gasteiger partial charge on any atom is 0.252 e. The van der Waals surface area contributed by atoms with Crippen LogP contribution >= 0.6 is 11.8 Å². The van der Waals surface area contributed by atoms with Gasteiger partial charge in [0, 0.05) is 44.3 Å². The van der Waals surface area contributed by atoms with Gasteiger partial charge in [-0.3, -0.25) is 4.79 Å². The van der Waals surface area contributed by atoms with E-state index >= 15 is 0 Å². The van der Waals surface area contributed by atoms with Gasteiger partial charge >= 0.3 is 0 Å². The van der Waals surface area contributed by atoms with Crippen LogP contribution in [0.15, 0.2) is 66.0 Å². The third-order valence-electron chi connectivity index (χ3n) is 5.26. The fourth-order valence-electron chi connectivity index (χ4n) is 3.56. The Morgan fingerprint density at radius 2 is 1.74 bits per heavy atom. The first kappa shape index (κ1) is 21.2. The lowest BCUT2D eigenvalue weighted by Gasteiger charge is -2.37. The molecule has 0 N–H and O–H groups in total. The van der Waals surface area contributed by atoms with Crippen molar-refractivity contribution in [1.29, 1.82) is 0 Å². The lowest BCUT2D eigenvalue weighted by Crippen LogP contribution is -2.49. The van der Waals surface area contributed by atoms with Gasteiger partial charge < -0.3 is 14.5 Å². The number of nitrogens with zero attached hydrogens (tertiary/aromatic N) is 4. The van der Waals surface area contributed by atoms with Crippen molar-refractivity contribution < 1.29 is 9.53 Å². The van der Waals surface area contributed by atoms with Crippen LogP contribution in [0.5, 0.6) is 11.6 Å². The van der Waals surface area contributed by atoms with Crippen molar-refractivity contribution in [2.75, 3.05) is 36.8 Å². The van der Waals surface area contributed by atoms with E-state index in [1.165, 1.54) is 28.6 Å². The molecule has 0 bridgehead atoms. The number of carbonyl (C=O) groups is 1. The van der Waals surface area contributed by atoms with E-state index in [0.717, 1.165) is 26.2 Å². The Balaban J connectivity index is 1.33. The van der Waals surface area contributed by atoms with Crippen LogP contribution in [0.4, 0.5) is 5.69 Å². The van der Waals surface area contributed by atoms with Crippen molar-refractivity contribution in [3.8, 4) is 11.6 Å². The highest BCUT2D eigenvalue weighted by Gasteiger charge is 2.23. The summed E-state index contributed by atoms with van der Waals surface area (Å²) in [6.07, 6.45) is 3.21. The fraction of sp³-hybridized carbons (Fsp3) is 0.292. The third-order valence-corrected chi connectivity index (χ3v) is 6.21. The van der Waals surface area contributed by atoms with Gasteiger partial charge in [0.2, 0.25) is 5.91 Å². The van der Waals surface area contributed by atoms with Crippen molar-refractivity contribution >= 4 is 23.4 Å². The molecule has 2 heterocycles. The number of ether oxygens (including phenoxy) is 1. The first-order valence-corrected chi connectivity index (χ1v) is 11.4. The van der Waals surface area contributed by atoms with E-state index in [1.54, 1.807) is 12.4 Å². The SMILES string of the molecule is Cc1ccc(C)c(N2CCN(C(=O)CSc3nccnc3Oc3ccccc3)CC2)c1. The molecule has 0 unspecified atom stereocenters. The largest absolute Gasteiger partial charge is 0.437 e. The molecule has 1 fully saturated rings. The number of benzene rings is 2. The van der Waals surface area contributed by atoms with E-state index in [-0.39, 0.29) is 5.91 Å². The van der Waals surface area contributed by atoms with Gasteiger partial charge in [0.15, 0.2) is 5.03 Å². The summed E-state index contributed by atoms with van der Waals surface area (Å²) in [5.74, 6) is 1.54. The van der Waals surface area contributed by atoms with Crippen LogP contribution in [0.25, 0.3) is 0 Å². The van der Waals surface area contributed by atoms with Crippen LogP contribution in [0, 0.1) is 13.8 Å². The minimum absolute atomic E-state index is 0.113. The molecule has 1 saturated heterocycles. The Morgan fingerprint density at radius 3 is 2.52 bits per heavy atom. The highest BCUT2D eigenvalue weighted by Crippen LogP contribution is 2.29. The number of thioether (sulfide) groups is 1. The third kappa shape index (κ3) is 5.35. The molecule has 0 saturated carbocycles. The zero-order valence-electron chi connectivity index (χ0n) is 17.8. The molecule has 0 spiro atoms. The molecule has 1 aliphatic rings. The summed E-state index contributed by atoms with van der Waals surface area (Å²) >= 11 is 1.37. The van der Waals surface area contributed by atoms with E-state index in [2.05, 4.69) is 46.9 Å². The fourth-order valence-corrected chi connectivity index (χ4v) is 4.36. The number of aromatic nitrogens is 2. The average molecular weight is 435 g/mol. The van der Waals surface area contributed by atoms with Gasteiger partial charge in [0.25, 0.3) is 5.88 Å². The molecule has 6 nitrogen and oxygen atoms in total. The minimum atomic E-state index is 0.113. The summed E-state index contributed by atoms with van der Waals surface area (Å²) in [7, 11) is 0. The standard InChI is InChI=1S/C24H26N4O2S/c1-18-8-9-19(2)21(16-18)27-12-14-28(15-13-27)22(29)17-31-24-23(25-10-11-26-24)30-20-6-4-3-5-7-20/h3-11,16H,12-15,17H2,1-2H3. The summed E-state index contributed by atoms with van der Waals surface area (Å²) in [6, 6.07) is 16.0. The lowest BCUT2D eigenvalue weighted by molar-refractivity contribution is -0.128. The van der Waals surface area contributed by atoms with Crippen LogP contribution in [0.3, 0.4) is 0 Å². The van der Waals surface area contributed by atoms with E-state index in [4.69, 9.17) is 4.74 Å². The van der Waals surface area contributed by atoms with Gasteiger partial charge in [0.05, 0.1) is 5.75 Å². The molecule has 7 heteroatoms. The quantitative estimate of drug-likeness (QED) is 0.539. The molecule has 160 valence electrons. The van der Waals surface area contributed by atoms with Crippen molar-refractivity contribution in [2.24, 2.45) is 0 Å². The number of aryl methyl sites for hydroxylation is 2. The van der Waals surface area contributed by atoms with Crippen LogP contribution in [-0.4, -0.2) is 52.7 Å². The Hall–Kier alpha value is -3.06. The zero-order valence-corrected chi connectivity index (χ0v) is 18.6.